The van der Waals surface area contributed by atoms with Crippen LogP contribution in [0.15, 0.2) is 59.1 Å². The molecule has 1 atom stereocenters. The van der Waals surface area contributed by atoms with E-state index in [0.717, 1.165) is 24.2 Å². The van der Waals surface area contributed by atoms with Crippen molar-refractivity contribution in [3.63, 3.8) is 0 Å². The van der Waals surface area contributed by atoms with E-state index in [1.807, 2.05) is 42.0 Å². The highest BCUT2D eigenvalue weighted by Gasteiger charge is 2.29. The fraction of sp³-hybridized carbons (Fsp3) is 0.318. The van der Waals surface area contributed by atoms with Crippen LogP contribution < -0.4 is 10.9 Å². The Balaban J connectivity index is 1.32. The van der Waals surface area contributed by atoms with Crippen molar-refractivity contribution >= 4 is 28.7 Å². The van der Waals surface area contributed by atoms with E-state index in [1.54, 1.807) is 28.0 Å². The largest absolute Gasteiger partial charge is 0.356 e. The van der Waals surface area contributed by atoms with Crippen molar-refractivity contribution in [2.75, 3.05) is 12.3 Å². The van der Waals surface area contributed by atoms with Crippen molar-refractivity contribution in [2.24, 2.45) is 0 Å². The molecule has 4 heterocycles. The molecule has 1 aliphatic heterocycles. The van der Waals surface area contributed by atoms with Gasteiger partial charge in [-0.1, -0.05) is 30.0 Å². The van der Waals surface area contributed by atoms with Gasteiger partial charge in [0.05, 0.1) is 24.3 Å². The smallest absolute Gasteiger partial charge is 0.265 e. The summed E-state index contributed by atoms with van der Waals surface area (Å²) in [6.07, 6.45) is 8.04. The normalized spacial score (nSPS) is 15.2. The Labute approximate surface area is 188 Å². The van der Waals surface area contributed by atoms with Gasteiger partial charge in [0.2, 0.25) is 5.91 Å². The van der Waals surface area contributed by atoms with Gasteiger partial charge in [-0.05, 0) is 25.0 Å². The maximum Gasteiger partial charge on any atom is 0.265 e. The van der Waals surface area contributed by atoms with Gasteiger partial charge in [0.1, 0.15) is 5.39 Å². The molecule has 0 fully saturated rings. The third-order valence-corrected chi connectivity index (χ3v) is 6.71. The summed E-state index contributed by atoms with van der Waals surface area (Å²) in [5.41, 5.74) is 2.35. The number of imidazole rings is 1. The van der Waals surface area contributed by atoms with E-state index in [2.05, 4.69) is 15.4 Å². The van der Waals surface area contributed by atoms with E-state index in [1.165, 1.54) is 11.8 Å². The molecule has 9 nitrogen and oxygen atoms in total. The predicted octanol–water partition coefficient (Wildman–Crippen LogP) is 2.33. The molecule has 32 heavy (non-hydrogen) atoms. The molecule has 1 N–H and O–H groups in total. The molecule has 1 aromatic carbocycles. The van der Waals surface area contributed by atoms with Gasteiger partial charge in [0.25, 0.3) is 5.56 Å². The Bertz CT molecular complexity index is 1330. The summed E-state index contributed by atoms with van der Waals surface area (Å²) in [5.74, 6) is 0.589. The Hall–Kier alpha value is -3.40. The number of nitrogens with zero attached hydrogens (tertiary/aromatic N) is 6. The van der Waals surface area contributed by atoms with Crippen molar-refractivity contribution in [2.45, 2.75) is 37.5 Å². The zero-order valence-corrected chi connectivity index (χ0v) is 18.5. The number of amides is 1. The van der Waals surface area contributed by atoms with Crippen LogP contribution in [0.2, 0.25) is 0 Å². The highest BCUT2D eigenvalue weighted by molar-refractivity contribution is 7.99. The summed E-state index contributed by atoms with van der Waals surface area (Å²) in [7, 11) is 0. The minimum Gasteiger partial charge on any atom is -0.356 e. The molecule has 1 unspecified atom stereocenters. The number of nitrogens with one attached hydrogen (secondary N) is 1. The van der Waals surface area contributed by atoms with Gasteiger partial charge in [0, 0.05) is 37.7 Å². The van der Waals surface area contributed by atoms with Crippen LogP contribution in [0.4, 0.5) is 0 Å². The van der Waals surface area contributed by atoms with Gasteiger partial charge in [0.15, 0.2) is 10.8 Å². The topological polar surface area (TPSA) is 99.6 Å². The fourth-order valence-electron chi connectivity index (χ4n) is 3.95. The van der Waals surface area contributed by atoms with Crippen LogP contribution in [-0.2, 0) is 11.3 Å². The minimum absolute atomic E-state index is 0.0586. The minimum atomic E-state index is -0.213. The predicted molar refractivity (Wildman–Crippen MR) is 122 cm³/mol. The number of hydrogen-bond donors (Lipinski definition) is 1. The van der Waals surface area contributed by atoms with Crippen LogP contribution in [-0.4, -0.2) is 47.1 Å². The number of aromatic nitrogens is 6. The van der Waals surface area contributed by atoms with Crippen LogP contribution in [0.1, 0.15) is 24.4 Å². The quantitative estimate of drug-likeness (QED) is 0.343. The molecular formula is C22H23N7O2S. The fourth-order valence-corrected chi connectivity index (χ4v) is 5.08. The Morgan fingerprint density at radius 2 is 2.19 bits per heavy atom. The molecule has 0 bridgehead atoms. The lowest BCUT2D eigenvalue weighted by Crippen LogP contribution is -2.31. The van der Waals surface area contributed by atoms with E-state index >= 15 is 0 Å². The van der Waals surface area contributed by atoms with E-state index in [4.69, 9.17) is 4.98 Å². The monoisotopic (exact) mass is 449 g/mol. The van der Waals surface area contributed by atoms with Crippen LogP contribution in [0.3, 0.4) is 0 Å². The number of aryl methyl sites for hydroxylation is 2. The third kappa shape index (κ3) is 3.81. The Morgan fingerprint density at radius 3 is 3.00 bits per heavy atom. The second-order valence-electron chi connectivity index (χ2n) is 7.82. The highest BCUT2D eigenvalue weighted by Crippen LogP contribution is 2.33. The molecule has 0 saturated carbocycles. The zero-order valence-electron chi connectivity index (χ0n) is 17.6. The van der Waals surface area contributed by atoms with Crippen molar-refractivity contribution in [1.82, 2.24) is 34.2 Å². The van der Waals surface area contributed by atoms with Gasteiger partial charge in [-0.2, -0.15) is 5.10 Å². The molecule has 1 amide bonds. The van der Waals surface area contributed by atoms with Crippen LogP contribution in [0.5, 0.6) is 0 Å². The second kappa shape index (κ2) is 8.62. The molecule has 0 saturated heterocycles. The lowest BCUT2D eigenvalue weighted by atomic mass is 10.2. The lowest BCUT2D eigenvalue weighted by molar-refractivity contribution is -0.121. The molecule has 1 aliphatic rings. The van der Waals surface area contributed by atoms with Crippen molar-refractivity contribution in [1.29, 1.82) is 0 Å². The summed E-state index contributed by atoms with van der Waals surface area (Å²) in [6, 6.07) is 7.65. The Kier molecular flexibility index (Phi) is 5.52. The first-order chi connectivity index (χ1) is 15.6. The molecule has 0 aliphatic carbocycles. The first-order valence-electron chi connectivity index (χ1n) is 10.5. The van der Waals surface area contributed by atoms with Crippen molar-refractivity contribution in [3.8, 4) is 5.69 Å². The van der Waals surface area contributed by atoms with Crippen molar-refractivity contribution in [3.05, 3.63) is 65.1 Å². The first kappa shape index (κ1) is 20.5. The van der Waals surface area contributed by atoms with Gasteiger partial charge >= 0.3 is 0 Å². The van der Waals surface area contributed by atoms with Gasteiger partial charge < -0.3 is 9.88 Å². The molecule has 0 spiro atoms. The Morgan fingerprint density at radius 1 is 1.31 bits per heavy atom. The number of rotatable bonds is 7. The van der Waals surface area contributed by atoms with Crippen LogP contribution in [0, 0.1) is 6.92 Å². The summed E-state index contributed by atoms with van der Waals surface area (Å²) in [4.78, 5) is 34.5. The number of benzene rings is 1. The molecule has 5 rings (SSSR count). The maximum atomic E-state index is 13.2. The van der Waals surface area contributed by atoms with E-state index < -0.39 is 0 Å². The summed E-state index contributed by atoms with van der Waals surface area (Å²) < 4.78 is 5.35. The van der Waals surface area contributed by atoms with Crippen LogP contribution >= 0.6 is 11.8 Å². The van der Waals surface area contributed by atoms with Gasteiger partial charge in [-0.25, -0.2) is 14.6 Å². The molecule has 3 aromatic heterocycles. The highest BCUT2D eigenvalue weighted by atomic mass is 32.2. The summed E-state index contributed by atoms with van der Waals surface area (Å²) in [5, 5.41) is 8.49. The van der Waals surface area contributed by atoms with E-state index in [9.17, 15) is 9.59 Å². The number of para-hydroxylation sites is 1. The van der Waals surface area contributed by atoms with Gasteiger partial charge in [-0.15, -0.1) is 0 Å². The number of thioether (sulfide) groups is 1. The molecule has 164 valence electrons. The van der Waals surface area contributed by atoms with Gasteiger partial charge in [-0.3, -0.25) is 14.2 Å². The number of carbonyl (C=O) groups is 1. The number of carbonyl (C=O) groups excluding carboxylic acids is 1. The van der Waals surface area contributed by atoms with Crippen molar-refractivity contribution < 1.29 is 4.79 Å². The van der Waals surface area contributed by atoms with E-state index in [-0.39, 0.29) is 23.9 Å². The summed E-state index contributed by atoms with van der Waals surface area (Å²) >= 11 is 1.51. The first-order valence-corrected chi connectivity index (χ1v) is 11.5. The van der Waals surface area contributed by atoms with Crippen LogP contribution in [0.25, 0.3) is 16.7 Å². The average Bonchev–Trinajstić information content (AvgIpc) is 3.53. The SMILES string of the molecule is Cc1ccccc1-n1ncc2c(=O)n3c(nc21)SCC3CC(=O)NCCCn1ccnc1. The molecule has 10 heteroatoms. The third-order valence-electron chi connectivity index (χ3n) is 5.61. The standard InChI is InChI=1S/C22H23N7O2S/c1-15-5-2-3-6-18(15)29-20-17(12-25-29)21(31)28-16(13-32-22(28)26-20)11-19(30)24-7-4-9-27-10-8-23-14-27/h2-3,5-6,8,10,12,14,16H,4,7,9,11,13H2,1H3,(H,24,30). The van der Waals surface area contributed by atoms with E-state index in [0.29, 0.717) is 28.5 Å². The number of hydrogen-bond acceptors (Lipinski definition) is 6. The maximum absolute atomic E-state index is 13.2. The second-order valence-corrected chi connectivity index (χ2v) is 8.81. The lowest BCUT2D eigenvalue weighted by Gasteiger charge is -2.13. The summed E-state index contributed by atoms with van der Waals surface area (Å²) in [6.45, 7) is 3.38. The number of fused-ring (bicyclic) bond motifs is 2. The molecule has 0 radical (unpaired) electrons. The molecule has 4 aromatic rings. The zero-order chi connectivity index (χ0) is 22.1. The molecular weight excluding hydrogens is 426 g/mol. The average molecular weight is 450 g/mol.